The van der Waals surface area contributed by atoms with Crippen molar-refractivity contribution in [3.63, 3.8) is 0 Å². The maximum Gasteiger partial charge on any atom is 0.0992 e. The van der Waals surface area contributed by atoms with Crippen molar-refractivity contribution in [1.29, 1.82) is 5.26 Å². The van der Waals surface area contributed by atoms with Crippen molar-refractivity contribution in [2.24, 2.45) is 0 Å². The highest BCUT2D eigenvalue weighted by molar-refractivity contribution is 5.55. The first kappa shape index (κ1) is 12.2. The second-order valence-corrected chi connectivity index (χ2v) is 4.42. The number of hydrogen-bond acceptors (Lipinski definition) is 2. The van der Waals surface area contributed by atoms with Gasteiger partial charge in [0.15, 0.2) is 0 Å². The SMILES string of the molecule is Cc1ccccc1CNc1cc(C#N)ccc1C. The molecule has 0 radical (unpaired) electrons. The van der Waals surface area contributed by atoms with Crippen LogP contribution in [0.15, 0.2) is 42.5 Å². The lowest BCUT2D eigenvalue weighted by molar-refractivity contribution is 1.11. The minimum atomic E-state index is 0.688. The van der Waals surface area contributed by atoms with Crippen LogP contribution in [0.25, 0.3) is 0 Å². The fourth-order valence-corrected chi connectivity index (χ4v) is 1.88. The molecule has 0 bridgehead atoms. The first-order valence-corrected chi connectivity index (χ1v) is 6.00. The lowest BCUT2D eigenvalue weighted by Crippen LogP contribution is -2.02. The number of nitrogens with zero attached hydrogens (tertiary/aromatic N) is 1. The highest BCUT2D eigenvalue weighted by Gasteiger charge is 2.01. The lowest BCUT2D eigenvalue weighted by Gasteiger charge is -2.11. The molecule has 2 aromatic rings. The van der Waals surface area contributed by atoms with Gasteiger partial charge in [0.05, 0.1) is 11.6 Å². The van der Waals surface area contributed by atoms with Crippen LogP contribution in [-0.2, 0) is 6.54 Å². The van der Waals surface area contributed by atoms with Crippen molar-refractivity contribution < 1.29 is 0 Å². The minimum absolute atomic E-state index is 0.688. The monoisotopic (exact) mass is 236 g/mol. The van der Waals surface area contributed by atoms with Crippen molar-refractivity contribution in [3.8, 4) is 6.07 Å². The number of anilines is 1. The Morgan fingerprint density at radius 1 is 1.06 bits per heavy atom. The quantitative estimate of drug-likeness (QED) is 0.880. The predicted octanol–water partition coefficient (Wildman–Crippen LogP) is 3.79. The Hall–Kier alpha value is -2.27. The van der Waals surface area contributed by atoms with E-state index in [1.54, 1.807) is 0 Å². The second kappa shape index (κ2) is 5.37. The van der Waals surface area contributed by atoms with Crippen LogP contribution in [0.2, 0.25) is 0 Å². The van der Waals surface area contributed by atoms with Crippen LogP contribution < -0.4 is 5.32 Å². The third kappa shape index (κ3) is 2.70. The van der Waals surface area contributed by atoms with E-state index in [4.69, 9.17) is 5.26 Å². The number of nitriles is 1. The van der Waals surface area contributed by atoms with Gasteiger partial charge in [-0.2, -0.15) is 5.26 Å². The van der Waals surface area contributed by atoms with Gasteiger partial charge in [-0.15, -0.1) is 0 Å². The van der Waals surface area contributed by atoms with Gasteiger partial charge >= 0.3 is 0 Å². The molecule has 0 atom stereocenters. The molecule has 18 heavy (non-hydrogen) atoms. The van der Waals surface area contributed by atoms with Gasteiger partial charge in [0.25, 0.3) is 0 Å². The van der Waals surface area contributed by atoms with E-state index in [9.17, 15) is 0 Å². The fraction of sp³-hybridized carbons (Fsp3) is 0.188. The first-order chi connectivity index (χ1) is 8.70. The third-order valence-corrected chi connectivity index (χ3v) is 3.10. The lowest BCUT2D eigenvalue weighted by atomic mass is 10.1. The molecular formula is C16H16N2. The summed E-state index contributed by atoms with van der Waals surface area (Å²) in [6.07, 6.45) is 0. The largest absolute Gasteiger partial charge is 0.381 e. The van der Waals surface area contributed by atoms with Crippen LogP contribution in [0.5, 0.6) is 0 Å². The summed E-state index contributed by atoms with van der Waals surface area (Å²) in [5.74, 6) is 0. The van der Waals surface area contributed by atoms with E-state index >= 15 is 0 Å². The molecule has 0 amide bonds. The van der Waals surface area contributed by atoms with Gasteiger partial charge in [-0.3, -0.25) is 0 Å². The molecule has 2 rings (SSSR count). The molecule has 2 heteroatoms. The van der Waals surface area contributed by atoms with E-state index in [0.29, 0.717) is 5.56 Å². The maximum atomic E-state index is 8.90. The minimum Gasteiger partial charge on any atom is -0.381 e. The Morgan fingerprint density at radius 3 is 2.56 bits per heavy atom. The molecule has 0 unspecified atom stereocenters. The van der Waals surface area contributed by atoms with Crippen molar-refractivity contribution in [1.82, 2.24) is 0 Å². The summed E-state index contributed by atoms with van der Waals surface area (Å²) >= 11 is 0. The van der Waals surface area contributed by atoms with Gasteiger partial charge in [-0.25, -0.2) is 0 Å². The molecule has 0 aliphatic carbocycles. The molecule has 0 spiro atoms. The van der Waals surface area contributed by atoms with Gasteiger partial charge in [0.2, 0.25) is 0 Å². The number of aryl methyl sites for hydroxylation is 2. The molecule has 0 aromatic heterocycles. The molecule has 0 saturated heterocycles. The standard InChI is InChI=1S/C16H16N2/c1-12-5-3-4-6-15(12)11-18-16-9-14(10-17)8-7-13(16)2/h3-9,18H,11H2,1-2H3. The molecule has 90 valence electrons. The molecule has 0 aliphatic heterocycles. The van der Waals surface area contributed by atoms with Crippen molar-refractivity contribution in [2.75, 3.05) is 5.32 Å². The van der Waals surface area contributed by atoms with Gasteiger partial charge in [0.1, 0.15) is 0 Å². The molecule has 1 N–H and O–H groups in total. The van der Waals surface area contributed by atoms with Crippen LogP contribution in [0, 0.1) is 25.2 Å². The van der Waals surface area contributed by atoms with Crippen LogP contribution in [0.1, 0.15) is 22.3 Å². The normalized spacial score (nSPS) is 9.83. The fourth-order valence-electron chi connectivity index (χ4n) is 1.88. The number of rotatable bonds is 3. The smallest absolute Gasteiger partial charge is 0.0992 e. The Bertz CT molecular complexity index is 594. The summed E-state index contributed by atoms with van der Waals surface area (Å²) in [5, 5.41) is 12.3. The van der Waals surface area contributed by atoms with E-state index in [-0.39, 0.29) is 0 Å². The summed E-state index contributed by atoms with van der Waals surface area (Å²) < 4.78 is 0. The van der Waals surface area contributed by atoms with Crippen molar-refractivity contribution in [2.45, 2.75) is 20.4 Å². The van der Waals surface area contributed by atoms with Crippen molar-refractivity contribution >= 4 is 5.69 Å². The van der Waals surface area contributed by atoms with E-state index in [2.05, 4.69) is 30.4 Å². The third-order valence-electron chi connectivity index (χ3n) is 3.10. The Labute approximate surface area is 108 Å². The maximum absolute atomic E-state index is 8.90. The van der Waals surface area contributed by atoms with Crippen LogP contribution in [0.3, 0.4) is 0 Å². The highest BCUT2D eigenvalue weighted by atomic mass is 14.9. The number of nitrogens with one attached hydrogen (secondary N) is 1. The van der Waals surface area contributed by atoms with Crippen LogP contribution >= 0.6 is 0 Å². The second-order valence-electron chi connectivity index (χ2n) is 4.42. The summed E-state index contributed by atoms with van der Waals surface area (Å²) in [4.78, 5) is 0. The van der Waals surface area contributed by atoms with Crippen LogP contribution in [0.4, 0.5) is 5.69 Å². The molecule has 0 aliphatic rings. The van der Waals surface area contributed by atoms with Crippen molar-refractivity contribution in [3.05, 3.63) is 64.7 Å². The van der Waals surface area contributed by atoms with Gasteiger partial charge in [-0.05, 0) is 42.7 Å². The van der Waals surface area contributed by atoms with Gasteiger partial charge in [-0.1, -0.05) is 30.3 Å². The molecule has 2 aromatic carbocycles. The highest BCUT2D eigenvalue weighted by Crippen LogP contribution is 2.18. The number of hydrogen-bond donors (Lipinski definition) is 1. The molecule has 2 nitrogen and oxygen atoms in total. The Balaban J connectivity index is 2.16. The summed E-state index contributed by atoms with van der Waals surface area (Å²) in [5.41, 5.74) is 5.42. The van der Waals surface area contributed by atoms with Gasteiger partial charge < -0.3 is 5.32 Å². The van der Waals surface area contributed by atoms with E-state index in [0.717, 1.165) is 17.8 Å². The van der Waals surface area contributed by atoms with Crippen LogP contribution in [-0.4, -0.2) is 0 Å². The Morgan fingerprint density at radius 2 is 1.83 bits per heavy atom. The Kier molecular flexibility index (Phi) is 3.64. The predicted molar refractivity (Wildman–Crippen MR) is 74.4 cm³/mol. The topological polar surface area (TPSA) is 35.8 Å². The zero-order valence-electron chi connectivity index (χ0n) is 10.7. The van der Waals surface area contributed by atoms with Gasteiger partial charge in [0, 0.05) is 12.2 Å². The molecule has 0 saturated carbocycles. The molecular weight excluding hydrogens is 220 g/mol. The molecule has 0 fully saturated rings. The summed E-state index contributed by atoms with van der Waals surface area (Å²) in [6.45, 7) is 4.93. The average molecular weight is 236 g/mol. The zero-order valence-corrected chi connectivity index (χ0v) is 10.7. The zero-order chi connectivity index (χ0) is 13.0. The summed E-state index contributed by atoms with van der Waals surface area (Å²) in [7, 11) is 0. The number of benzene rings is 2. The average Bonchev–Trinajstić information content (AvgIpc) is 2.39. The van der Waals surface area contributed by atoms with E-state index in [1.165, 1.54) is 11.1 Å². The van der Waals surface area contributed by atoms with E-state index in [1.807, 2.05) is 37.3 Å². The summed E-state index contributed by atoms with van der Waals surface area (Å²) in [6, 6.07) is 16.2. The first-order valence-electron chi connectivity index (χ1n) is 6.00. The van der Waals surface area contributed by atoms with E-state index < -0.39 is 0 Å². The molecule has 0 heterocycles.